The van der Waals surface area contributed by atoms with Crippen LogP contribution >= 0.6 is 11.6 Å². The van der Waals surface area contributed by atoms with Gasteiger partial charge >= 0.3 is 0 Å². The Hall–Kier alpha value is -2.40. The third-order valence-corrected chi connectivity index (χ3v) is 4.43. The molecule has 0 aromatic heterocycles. The zero-order valence-electron chi connectivity index (χ0n) is 14.9. The van der Waals surface area contributed by atoms with E-state index in [1.807, 2.05) is 39.0 Å². The Bertz CT molecular complexity index is 795. The van der Waals surface area contributed by atoms with E-state index in [1.165, 1.54) is 18.2 Å². The van der Waals surface area contributed by atoms with Crippen LogP contribution in [0.3, 0.4) is 0 Å². The SMILES string of the molecule is CC(NC(=O)C(NC(=O)c1ccccc1F)C(C)C)c1ccccc1Cl. The van der Waals surface area contributed by atoms with Gasteiger partial charge in [0.15, 0.2) is 0 Å². The monoisotopic (exact) mass is 376 g/mol. The van der Waals surface area contributed by atoms with Crippen molar-refractivity contribution in [2.45, 2.75) is 32.9 Å². The first-order chi connectivity index (χ1) is 12.3. The van der Waals surface area contributed by atoms with Gasteiger partial charge in [-0.25, -0.2) is 4.39 Å². The van der Waals surface area contributed by atoms with Crippen LogP contribution in [0, 0.1) is 11.7 Å². The number of rotatable bonds is 6. The molecule has 0 heterocycles. The molecule has 2 amide bonds. The molecular formula is C20H22ClFN2O2. The molecule has 0 aliphatic carbocycles. The molecule has 2 atom stereocenters. The van der Waals surface area contributed by atoms with Crippen LogP contribution in [0.2, 0.25) is 5.02 Å². The van der Waals surface area contributed by atoms with Gasteiger partial charge in [0.2, 0.25) is 5.91 Å². The van der Waals surface area contributed by atoms with Crippen LogP contribution in [0.15, 0.2) is 48.5 Å². The quantitative estimate of drug-likeness (QED) is 0.797. The van der Waals surface area contributed by atoms with Gasteiger partial charge in [-0.15, -0.1) is 0 Å². The van der Waals surface area contributed by atoms with Gasteiger partial charge in [-0.3, -0.25) is 9.59 Å². The molecule has 138 valence electrons. The minimum Gasteiger partial charge on any atom is -0.348 e. The van der Waals surface area contributed by atoms with E-state index in [4.69, 9.17) is 11.6 Å². The minimum atomic E-state index is -0.799. The lowest BCUT2D eigenvalue weighted by Crippen LogP contribution is -2.50. The maximum atomic E-state index is 13.8. The van der Waals surface area contributed by atoms with Crippen LogP contribution in [-0.4, -0.2) is 17.9 Å². The van der Waals surface area contributed by atoms with Crippen LogP contribution in [-0.2, 0) is 4.79 Å². The Morgan fingerprint density at radius 2 is 1.58 bits per heavy atom. The molecule has 2 N–H and O–H groups in total. The Morgan fingerprint density at radius 3 is 2.19 bits per heavy atom. The molecule has 0 saturated carbocycles. The van der Waals surface area contributed by atoms with Crippen molar-refractivity contribution < 1.29 is 14.0 Å². The largest absolute Gasteiger partial charge is 0.348 e. The second-order valence-corrected chi connectivity index (χ2v) is 6.83. The second-order valence-electron chi connectivity index (χ2n) is 6.43. The van der Waals surface area contributed by atoms with Gasteiger partial charge in [-0.1, -0.05) is 55.8 Å². The fourth-order valence-electron chi connectivity index (χ4n) is 2.61. The summed E-state index contributed by atoms with van der Waals surface area (Å²) in [6, 6.07) is 11.8. The summed E-state index contributed by atoms with van der Waals surface area (Å²) in [5.74, 6) is -1.78. The van der Waals surface area contributed by atoms with E-state index in [0.717, 1.165) is 5.56 Å². The van der Waals surface area contributed by atoms with E-state index in [2.05, 4.69) is 10.6 Å². The first-order valence-corrected chi connectivity index (χ1v) is 8.79. The lowest BCUT2D eigenvalue weighted by molar-refractivity contribution is -0.124. The second kappa shape index (κ2) is 8.81. The molecule has 0 fully saturated rings. The molecule has 2 aromatic rings. The van der Waals surface area contributed by atoms with Gasteiger partial charge in [-0.05, 0) is 36.6 Å². The van der Waals surface area contributed by atoms with Gasteiger partial charge in [0, 0.05) is 5.02 Å². The number of carbonyl (C=O) groups excluding carboxylic acids is 2. The molecule has 26 heavy (non-hydrogen) atoms. The van der Waals surface area contributed by atoms with Crippen molar-refractivity contribution in [3.63, 3.8) is 0 Å². The Kier molecular flexibility index (Phi) is 6.75. The van der Waals surface area contributed by atoms with Gasteiger partial charge in [-0.2, -0.15) is 0 Å². The highest BCUT2D eigenvalue weighted by molar-refractivity contribution is 6.31. The normalized spacial score (nSPS) is 13.2. The summed E-state index contributed by atoms with van der Waals surface area (Å²) in [5.41, 5.74) is 0.690. The van der Waals surface area contributed by atoms with Crippen LogP contribution in [0.5, 0.6) is 0 Å². The lowest BCUT2D eigenvalue weighted by Gasteiger charge is -2.24. The van der Waals surface area contributed by atoms with Crippen LogP contribution in [0.25, 0.3) is 0 Å². The maximum Gasteiger partial charge on any atom is 0.254 e. The first kappa shape index (κ1) is 19.9. The molecule has 0 aliphatic heterocycles. The molecule has 2 aromatic carbocycles. The van der Waals surface area contributed by atoms with Crippen molar-refractivity contribution in [3.05, 3.63) is 70.5 Å². The molecule has 0 aliphatic rings. The van der Waals surface area contributed by atoms with Crippen molar-refractivity contribution in [2.24, 2.45) is 5.92 Å². The smallest absolute Gasteiger partial charge is 0.254 e. The summed E-state index contributed by atoms with van der Waals surface area (Å²) in [4.78, 5) is 25.0. The van der Waals surface area contributed by atoms with E-state index >= 15 is 0 Å². The number of hydrogen-bond acceptors (Lipinski definition) is 2. The topological polar surface area (TPSA) is 58.2 Å². The number of benzene rings is 2. The number of amides is 2. The standard InChI is InChI=1S/C20H22ClFN2O2/c1-12(2)18(24-19(25)15-9-5-7-11-17(15)22)20(26)23-13(3)14-8-4-6-10-16(14)21/h4-13,18H,1-3H3,(H,23,26)(H,24,25). The summed E-state index contributed by atoms with van der Waals surface area (Å²) < 4.78 is 13.8. The third kappa shape index (κ3) is 4.82. The average molecular weight is 377 g/mol. The Labute approximate surface area is 157 Å². The fourth-order valence-corrected chi connectivity index (χ4v) is 2.91. The highest BCUT2D eigenvalue weighted by Crippen LogP contribution is 2.22. The maximum absolute atomic E-state index is 13.8. The zero-order valence-corrected chi connectivity index (χ0v) is 15.7. The van der Waals surface area contributed by atoms with E-state index < -0.39 is 17.8 Å². The molecule has 6 heteroatoms. The predicted octanol–water partition coefficient (Wildman–Crippen LogP) is 4.11. The highest BCUT2D eigenvalue weighted by atomic mass is 35.5. The van der Waals surface area contributed by atoms with Crippen molar-refractivity contribution in [2.75, 3.05) is 0 Å². The average Bonchev–Trinajstić information content (AvgIpc) is 2.59. The molecule has 0 radical (unpaired) electrons. The van der Waals surface area contributed by atoms with E-state index in [1.54, 1.807) is 12.1 Å². The summed E-state index contributed by atoms with van der Waals surface area (Å²) in [6.45, 7) is 5.44. The number of hydrogen-bond donors (Lipinski definition) is 2. The fraction of sp³-hybridized carbons (Fsp3) is 0.300. The van der Waals surface area contributed by atoms with Gasteiger partial charge in [0.05, 0.1) is 11.6 Å². The predicted molar refractivity (Wildman–Crippen MR) is 101 cm³/mol. The van der Waals surface area contributed by atoms with Crippen LogP contribution in [0.4, 0.5) is 4.39 Å². The summed E-state index contributed by atoms with van der Waals surface area (Å²) in [5, 5.41) is 6.03. The highest BCUT2D eigenvalue weighted by Gasteiger charge is 2.27. The van der Waals surface area contributed by atoms with Gasteiger partial charge in [0.25, 0.3) is 5.91 Å². The van der Waals surface area contributed by atoms with E-state index in [9.17, 15) is 14.0 Å². The van der Waals surface area contributed by atoms with Crippen molar-refractivity contribution in [1.29, 1.82) is 0 Å². The molecule has 2 rings (SSSR count). The molecule has 2 unspecified atom stereocenters. The lowest BCUT2D eigenvalue weighted by atomic mass is 10.0. The van der Waals surface area contributed by atoms with Crippen LogP contribution < -0.4 is 10.6 Å². The first-order valence-electron chi connectivity index (χ1n) is 8.41. The minimum absolute atomic E-state index is 0.0925. The number of halogens is 2. The molecule has 0 bridgehead atoms. The van der Waals surface area contributed by atoms with Crippen LogP contribution in [0.1, 0.15) is 42.7 Å². The number of carbonyl (C=O) groups is 2. The Morgan fingerprint density at radius 1 is 0.962 bits per heavy atom. The Balaban J connectivity index is 2.11. The van der Waals surface area contributed by atoms with Crippen molar-refractivity contribution in [3.8, 4) is 0 Å². The molecular weight excluding hydrogens is 355 g/mol. The van der Waals surface area contributed by atoms with E-state index in [-0.39, 0.29) is 23.4 Å². The van der Waals surface area contributed by atoms with Gasteiger partial charge < -0.3 is 10.6 Å². The summed E-state index contributed by atoms with van der Waals surface area (Å²) in [6.07, 6.45) is 0. The van der Waals surface area contributed by atoms with Crippen molar-refractivity contribution >= 4 is 23.4 Å². The number of nitrogens with one attached hydrogen (secondary N) is 2. The zero-order chi connectivity index (χ0) is 19.3. The van der Waals surface area contributed by atoms with E-state index in [0.29, 0.717) is 5.02 Å². The van der Waals surface area contributed by atoms with Gasteiger partial charge in [0.1, 0.15) is 11.9 Å². The summed E-state index contributed by atoms with van der Waals surface area (Å²) in [7, 11) is 0. The van der Waals surface area contributed by atoms with Crippen molar-refractivity contribution in [1.82, 2.24) is 10.6 Å². The molecule has 4 nitrogen and oxygen atoms in total. The molecule has 0 spiro atoms. The molecule has 0 saturated heterocycles. The summed E-state index contributed by atoms with van der Waals surface area (Å²) >= 11 is 6.16. The third-order valence-electron chi connectivity index (χ3n) is 4.08.